The van der Waals surface area contributed by atoms with Crippen molar-refractivity contribution in [2.45, 2.75) is 58.3 Å². The summed E-state index contributed by atoms with van der Waals surface area (Å²) in [5.74, 6) is 0.937. The van der Waals surface area contributed by atoms with Crippen molar-refractivity contribution in [3.63, 3.8) is 0 Å². The van der Waals surface area contributed by atoms with Crippen LogP contribution >= 0.6 is 0 Å². The molecule has 1 heteroatoms. The molecule has 1 unspecified atom stereocenters. The van der Waals surface area contributed by atoms with Gasteiger partial charge in [-0.25, -0.2) is 0 Å². The molecule has 0 spiro atoms. The van der Waals surface area contributed by atoms with Crippen molar-refractivity contribution in [1.29, 1.82) is 0 Å². The summed E-state index contributed by atoms with van der Waals surface area (Å²) in [4.78, 5) is 0. The second-order valence-electron chi connectivity index (χ2n) is 4.55. The molecule has 1 aliphatic rings. The Bertz CT molecular complexity index is 99.7. The Morgan fingerprint density at radius 3 is 2.31 bits per heavy atom. The van der Waals surface area contributed by atoms with Gasteiger partial charge in [0, 0.05) is 0 Å². The predicted octanol–water partition coefficient (Wildman–Crippen LogP) is 3.35. The lowest BCUT2D eigenvalue weighted by Gasteiger charge is -2.13. The highest BCUT2D eigenvalue weighted by molar-refractivity contribution is 4.59. The predicted molar refractivity (Wildman–Crippen MR) is 59.0 cm³/mol. The van der Waals surface area contributed by atoms with Crippen LogP contribution in [0.3, 0.4) is 0 Å². The summed E-state index contributed by atoms with van der Waals surface area (Å²) in [5.41, 5.74) is 0. The van der Waals surface area contributed by atoms with Crippen molar-refractivity contribution in [2.75, 3.05) is 13.1 Å². The maximum atomic E-state index is 3.53. The first kappa shape index (κ1) is 11.0. The summed E-state index contributed by atoms with van der Waals surface area (Å²) in [7, 11) is 0. The maximum Gasteiger partial charge on any atom is -0.00464 e. The lowest BCUT2D eigenvalue weighted by Crippen LogP contribution is -2.19. The average molecular weight is 183 g/mol. The molecule has 78 valence electrons. The molecule has 1 aliphatic heterocycles. The fourth-order valence-electron chi connectivity index (χ4n) is 2.07. The van der Waals surface area contributed by atoms with E-state index in [2.05, 4.69) is 12.2 Å². The third-order valence-electron chi connectivity index (χ3n) is 3.11. The Labute approximate surface area is 83.3 Å². The van der Waals surface area contributed by atoms with Gasteiger partial charge in [-0.05, 0) is 31.8 Å². The van der Waals surface area contributed by atoms with Gasteiger partial charge in [0.2, 0.25) is 0 Å². The minimum Gasteiger partial charge on any atom is -0.317 e. The van der Waals surface area contributed by atoms with Crippen LogP contribution in [-0.4, -0.2) is 13.1 Å². The molecule has 1 saturated heterocycles. The van der Waals surface area contributed by atoms with E-state index >= 15 is 0 Å². The largest absolute Gasteiger partial charge is 0.317 e. The smallest absolute Gasteiger partial charge is 0.00464 e. The van der Waals surface area contributed by atoms with Crippen molar-refractivity contribution in [3.05, 3.63) is 0 Å². The molecule has 0 aromatic heterocycles. The van der Waals surface area contributed by atoms with Gasteiger partial charge in [0.05, 0.1) is 0 Å². The standard InChI is InChI=1S/C12H25N/c1-12-8-6-4-2-3-5-7-10-13-11-9-12/h12-13H,2-11H2,1H3. The van der Waals surface area contributed by atoms with Crippen molar-refractivity contribution in [3.8, 4) is 0 Å². The van der Waals surface area contributed by atoms with E-state index in [-0.39, 0.29) is 0 Å². The summed E-state index contributed by atoms with van der Waals surface area (Å²) < 4.78 is 0. The first-order chi connectivity index (χ1) is 6.39. The Morgan fingerprint density at radius 2 is 1.46 bits per heavy atom. The molecule has 0 amide bonds. The molecule has 13 heavy (non-hydrogen) atoms. The van der Waals surface area contributed by atoms with Crippen LogP contribution in [0.4, 0.5) is 0 Å². The van der Waals surface area contributed by atoms with Crippen molar-refractivity contribution in [1.82, 2.24) is 5.32 Å². The van der Waals surface area contributed by atoms with E-state index < -0.39 is 0 Å². The van der Waals surface area contributed by atoms with Crippen LogP contribution in [0.1, 0.15) is 58.3 Å². The van der Waals surface area contributed by atoms with Gasteiger partial charge in [-0.1, -0.05) is 45.4 Å². The van der Waals surface area contributed by atoms with Crippen LogP contribution in [0.2, 0.25) is 0 Å². The van der Waals surface area contributed by atoms with Crippen molar-refractivity contribution < 1.29 is 0 Å². The van der Waals surface area contributed by atoms with E-state index in [1.54, 1.807) is 0 Å². The Morgan fingerprint density at radius 1 is 0.769 bits per heavy atom. The SMILES string of the molecule is CC1CCCCCCCCNCC1. The number of hydrogen-bond donors (Lipinski definition) is 1. The Kier molecular flexibility index (Phi) is 6.26. The molecular weight excluding hydrogens is 158 g/mol. The van der Waals surface area contributed by atoms with Gasteiger partial charge in [-0.2, -0.15) is 0 Å². The third-order valence-corrected chi connectivity index (χ3v) is 3.11. The number of rotatable bonds is 0. The van der Waals surface area contributed by atoms with Gasteiger partial charge in [-0.15, -0.1) is 0 Å². The quantitative estimate of drug-likeness (QED) is 0.607. The fourth-order valence-corrected chi connectivity index (χ4v) is 2.07. The molecule has 1 N–H and O–H groups in total. The zero-order chi connectivity index (χ0) is 9.36. The summed E-state index contributed by atoms with van der Waals surface area (Å²) >= 11 is 0. The first-order valence-electron chi connectivity index (χ1n) is 6.10. The lowest BCUT2D eigenvalue weighted by molar-refractivity contribution is 0.429. The van der Waals surface area contributed by atoms with Crippen LogP contribution < -0.4 is 5.32 Å². The molecule has 0 aliphatic carbocycles. The Hall–Kier alpha value is -0.0400. The minimum atomic E-state index is 0.937. The van der Waals surface area contributed by atoms with Gasteiger partial charge in [-0.3, -0.25) is 0 Å². The van der Waals surface area contributed by atoms with Gasteiger partial charge in [0.1, 0.15) is 0 Å². The molecule has 1 nitrogen and oxygen atoms in total. The second kappa shape index (κ2) is 7.37. The van der Waals surface area contributed by atoms with E-state index in [0.29, 0.717) is 0 Å². The summed E-state index contributed by atoms with van der Waals surface area (Å²) in [5, 5.41) is 3.53. The zero-order valence-electron chi connectivity index (χ0n) is 9.15. The van der Waals surface area contributed by atoms with E-state index in [1.165, 1.54) is 64.5 Å². The zero-order valence-corrected chi connectivity index (χ0v) is 9.15. The van der Waals surface area contributed by atoms with Crippen molar-refractivity contribution >= 4 is 0 Å². The van der Waals surface area contributed by atoms with Gasteiger partial charge >= 0.3 is 0 Å². The first-order valence-corrected chi connectivity index (χ1v) is 6.10. The maximum absolute atomic E-state index is 3.53. The second-order valence-corrected chi connectivity index (χ2v) is 4.55. The highest BCUT2D eigenvalue weighted by Gasteiger charge is 2.02. The molecule has 0 aromatic rings. The Balaban J connectivity index is 2.11. The van der Waals surface area contributed by atoms with Gasteiger partial charge in [0.25, 0.3) is 0 Å². The van der Waals surface area contributed by atoms with E-state index in [9.17, 15) is 0 Å². The van der Waals surface area contributed by atoms with E-state index in [1.807, 2.05) is 0 Å². The normalized spacial score (nSPS) is 28.8. The van der Waals surface area contributed by atoms with Crippen LogP contribution in [-0.2, 0) is 0 Å². The molecule has 1 atom stereocenters. The summed E-state index contributed by atoms with van der Waals surface area (Å²) in [6.45, 7) is 4.88. The molecular formula is C12H25N. The van der Waals surface area contributed by atoms with Crippen LogP contribution in [0.25, 0.3) is 0 Å². The van der Waals surface area contributed by atoms with E-state index in [0.717, 1.165) is 5.92 Å². The highest BCUT2D eigenvalue weighted by Crippen LogP contribution is 2.14. The molecule has 1 fully saturated rings. The monoisotopic (exact) mass is 183 g/mol. The number of hydrogen-bond acceptors (Lipinski definition) is 1. The lowest BCUT2D eigenvalue weighted by atomic mass is 9.98. The van der Waals surface area contributed by atoms with Crippen LogP contribution in [0.5, 0.6) is 0 Å². The molecule has 0 bridgehead atoms. The van der Waals surface area contributed by atoms with Crippen molar-refractivity contribution in [2.24, 2.45) is 5.92 Å². The van der Waals surface area contributed by atoms with Gasteiger partial charge < -0.3 is 5.32 Å². The topological polar surface area (TPSA) is 12.0 Å². The third kappa shape index (κ3) is 6.09. The van der Waals surface area contributed by atoms with Crippen LogP contribution in [0.15, 0.2) is 0 Å². The highest BCUT2D eigenvalue weighted by atomic mass is 14.8. The fraction of sp³-hybridized carbons (Fsp3) is 1.00. The summed E-state index contributed by atoms with van der Waals surface area (Å²) in [6, 6.07) is 0. The molecule has 1 rings (SSSR count). The van der Waals surface area contributed by atoms with E-state index in [4.69, 9.17) is 0 Å². The molecule has 0 radical (unpaired) electrons. The average Bonchev–Trinajstić information content (AvgIpc) is 2.11. The molecule has 0 aromatic carbocycles. The molecule has 0 saturated carbocycles. The van der Waals surface area contributed by atoms with Crippen LogP contribution in [0, 0.1) is 5.92 Å². The summed E-state index contributed by atoms with van der Waals surface area (Å²) in [6.07, 6.45) is 11.5. The molecule has 1 heterocycles. The van der Waals surface area contributed by atoms with Gasteiger partial charge in [0.15, 0.2) is 0 Å². The number of nitrogens with one attached hydrogen (secondary N) is 1. The minimum absolute atomic E-state index is 0.937.